The van der Waals surface area contributed by atoms with Gasteiger partial charge in [-0.25, -0.2) is 0 Å². The molecule has 6 rings (SSSR count). The van der Waals surface area contributed by atoms with E-state index in [9.17, 15) is 0 Å². The number of aromatic amines is 2. The lowest BCUT2D eigenvalue weighted by Crippen LogP contribution is -2.11. The molecule has 0 saturated heterocycles. The van der Waals surface area contributed by atoms with Gasteiger partial charge in [-0.05, 0) is 48.2 Å². The van der Waals surface area contributed by atoms with Crippen LogP contribution >= 0.6 is 0 Å². The molecule has 1 aliphatic carbocycles. The minimum atomic E-state index is 0.432. The lowest BCUT2D eigenvalue weighted by molar-refractivity contribution is 0.233. The van der Waals surface area contributed by atoms with Crippen LogP contribution in [-0.2, 0) is 16.0 Å². The van der Waals surface area contributed by atoms with Gasteiger partial charge in [-0.15, -0.1) is 10.2 Å². The SMILES string of the molecule is C1=CCCC(C2=COC=C(Nc3nnc(-c4ccccc4NCc4ccc5[nH]ncc5c4)[nH]3)O2)=C1. The zero-order valence-corrected chi connectivity index (χ0v) is 18.8. The van der Waals surface area contributed by atoms with E-state index in [0.717, 1.165) is 46.1 Å². The van der Waals surface area contributed by atoms with Crippen molar-refractivity contribution in [3.05, 3.63) is 102 Å². The summed E-state index contributed by atoms with van der Waals surface area (Å²) in [6.07, 6.45) is 13.0. The Labute approximate surface area is 201 Å². The summed E-state index contributed by atoms with van der Waals surface area (Å²) in [6.45, 7) is 0.662. The number of para-hydroxylation sites is 1. The van der Waals surface area contributed by atoms with Crippen LogP contribution in [-0.4, -0.2) is 25.4 Å². The number of nitrogens with one attached hydrogen (secondary N) is 4. The molecule has 2 aromatic heterocycles. The van der Waals surface area contributed by atoms with Crippen LogP contribution in [0.4, 0.5) is 11.6 Å². The average molecular weight is 466 g/mol. The number of hydrogen-bond donors (Lipinski definition) is 4. The minimum absolute atomic E-state index is 0.432. The van der Waals surface area contributed by atoms with Crippen molar-refractivity contribution in [1.29, 1.82) is 0 Å². The molecule has 9 heteroatoms. The standard InChI is InChI=1S/C26H23N7O2/c1-2-6-18(7-3-1)23-15-34-16-24(35-23)29-26-30-25(32-33-26)20-8-4-5-9-22(20)27-13-17-10-11-21-19(12-17)14-28-31-21/h1-2,4-6,8-12,14-16,27H,3,7,13H2,(H,28,31)(H2,29,30,32,33). The largest absolute Gasteiger partial charge is 0.463 e. The van der Waals surface area contributed by atoms with Crippen molar-refractivity contribution in [2.75, 3.05) is 10.6 Å². The highest BCUT2D eigenvalue weighted by Gasteiger charge is 2.17. The molecule has 9 nitrogen and oxygen atoms in total. The van der Waals surface area contributed by atoms with Crippen molar-refractivity contribution in [3.63, 3.8) is 0 Å². The lowest BCUT2D eigenvalue weighted by Gasteiger charge is -2.19. The van der Waals surface area contributed by atoms with E-state index in [2.05, 4.69) is 54.2 Å². The molecule has 0 amide bonds. The van der Waals surface area contributed by atoms with E-state index in [-0.39, 0.29) is 0 Å². The third kappa shape index (κ3) is 4.51. The Morgan fingerprint density at radius 3 is 2.97 bits per heavy atom. The molecule has 0 atom stereocenters. The minimum Gasteiger partial charge on any atom is -0.463 e. The summed E-state index contributed by atoms with van der Waals surface area (Å²) in [6, 6.07) is 14.2. The zero-order valence-electron chi connectivity index (χ0n) is 18.8. The fraction of sp³-hybridized carbons (Fsp3) is 0.115. The number of anilines is 2. The number of hydrogen-bond acceptors (Lipinski definition) is 7. The fourth-order valence-electron chi connectivity index (χ4n) is 4.03. The molecular weight excluding hydrogens is 442 g/mol. The summed E-state index contributed by atoms with van der Waals surface area (Å²) in [7, 11) is 0. The Morgan fingerprint density at radius 2 is 2.03 bits per heavy atom. The van der Waals surface area contributed by atoms with Gasteiger partial charge >= 0.3 is 0 Å². The molecular formula is C26H23N7O2. The number of H-pyrrole nitrogens is 2. The summed E-state index contributed by atoms with van der Waals surface area (Å²) in [5.41, 5.74) is 5.12. The first kappa shape index (κ1) is 20.8. The molecule has 0 unspecified atom stereocenters. The number of benzene rings is 2. The number of ether oxygens (including phenoxy) is 2. The third-order valence-corrected chi connectivity index (χ3v) is 5.80. The molecule has 3 heterocycles. The summed E-state index contributed by atoms with van der Waals surface area (Å²) in [4.78, 5) is 3.22. The van der Waals surface area contributed by atoms with Gasteiger partial charge in [0.2, 0.25) is 11.8 Å². The number of allylic oxidation sites excluding steroid dienone is 4. The van der Waals surface area contributed by atoms with Crippen molar-refractivity contribution >= 4 is 22.5 Å². The summed E-state index contributed by atoms with van der Waals surface area (Å²) in [5.74, 6) is 2.20. The molecule has 2 aliphatic rings. The summed E-state index contributed by atoms with van der Waals surface area (Å²) < 4.78 is 11.4. The number of aromatic nitrogens is 5. The molecule has 4 aromatic rings. The summed E-state index contributed by atoms with van der Waals surface area (Å²) in [5, 5.41) is 23.3. The predicted molar refractivity (Wildman–Crippen MR) is 134 cm³/mol. The second-order valence-corrected chi connectivity index (χ2v) is 8.20. The molecule has 0 saturated carbocycles. The van der Waals surface area contributed by atoms with Gasteiger partial charge < -0.3 is 19.8 Å². The highest BCUT2D eigenvalue weighted by molar-refractivity contribution is 5.79. The second kappa shape index (κ2) is 9.22. The van der Waals surface area contributed by atoms with Crippen molar-refractivity contribution in [2.24, 2.45) is 0 Å². The van der Waals surface area contributed by atoms with Crippen LogP contribution in [0, 0.1) is 0 Å². The van der Waals surface area contributed by atoms with E-state index in [1.54, 1.807) is 6.26 Å². The van der Waals surface area contributed by atoms with Gasteiger partial charge in [0.1, 0.15) is 6.26 Å². The first-order valence-corrected chi connectivity index (χ1v) is 11.4. The van der Waals surface area contributed by atoms with E-state index in [1.807, 2.05) is 48.7 Å². The first-order valence-electron chi connectivity index (χ1n) is 11.4. The van der Waals surface area contributed by atoms with Crippen LogP contribution in [0.3, 0.4) is 0 Å². The molecule has 0 radical (unpaired) electrons. The molecule has 2 aromatic carbocycles. The average Bonchev–Trinajstić information content (AvgIpc) is 3.58. The van der Waals surface area contributed by atoms with Crippen molar-refractivity contribution in [3.8, 4) is 11.4 Å². The molecule has 35 heavy (non-hydrogen) atoms. The van der Waals surface area contributed by atoms with Crippen LogP contribution in [0.5, 0.6) is 0 Å². The van der Waals surface area contributed by atoms with Gasteiger partial charge in [0, 0.05) is 23.2 Å². The highest BCUT2D eigenvalue weighted by atomic mass is 16.6. The van der Waals surface area contributed by atoms with Crippen LogP contribution in [0.15, 0.2) is 96.6 Å². The Morgan fingerprint density at radius 1 is 1.06 bits per heavy atom. The number of nitrogens with zero attached hydrogens (tertiary/aromatic N) is 3. The molecule has 1 aliphatic heterocycles. The van der Waals surface area contributed by atoms with Gasteiger partial charge in [0.25, 0.3) is 0 Å². The Hall–Kier alpha value is -4.79. The van der Waals surface area contributed by atoms with Gasteiger partial charge in [-0.3, -0.25) is 10.4 Å². The van der Waals surface area contributed by atoms with Gasteiger partial charge in [0.15, 0.2) is 17.8 Å². The maximum absolute atomic E-state index is 5.96. The highest BCUT2D eigenvalue weighted by Crippen LogP contribution is 2.28. The zero-order chi connectivity index (χ0) is 23.5. The van der Waals surface area contributed by atoms with E-state index in [1.165, 1.54) is 6.26 Å². The van der Waals surface area contributed by atoms with E-state index >= 15 is 0 Å². The topological polar surface area (TPSA) is 113 Å². The first-order chi connectivity index (χ1) is 17.3. The Bertz CT molecular complexity index is 1490. The van der Waals surface area contributed by atoms with Crippen molar-refractivity contribution in [2.45, 2.75) is 19.4 Å². The molecule has 174 valence electrons. The molecule has 0 spiro atoms. The van der Waals surface area contributed by atoms with Crippen LogP contribution in [0.2, 0.25) is 0 Å². The number of fused-ring (bicyclic) bond motifs is 1. The normalized spacial score (nSPS) is 15.0. The maximum Gasteiger partial charge on any atom is 0.235 e. The Kier molecular flexibility index (Phi) is 5.48. The lowest BCUT2D eigenvalue weighted by atomic mass is 10.0. The quantitative estimate of drug-likeness (QED) is 0.292. The smallest absolute Gasteiger partial charge is 0.235 e. The maximum atomic E-state index is 5.96. The number of rotatable bonds is 7. The molecule has 0 bridgehead atoms. The second-order valence-electron chi connectivity index (χ2n) is 8.20. The summed E-state index contributed by atoms with van der Waals surface area (Å²) >= 11 is 0. The van der Waals surface area contributed by atoms with E-state index in [0.29, 0.717) is 30.0 Å². The third-order valence-electron chi connectivity index (χ3n) is 5.80. The monoisotopic (exact) mass is 465 g/mol. The van der Waals surface area contributed by atoms with Crippen LogP contribution in [0.25, 0.3) is 22.3 Å². The fourth-order valence-corrected chi connectivity index (χ4v) is 4.03. The van der Waals surface area contributed by atoms with Gasteiger partial charge in [0.05, 0.1) is 11.7 Å². The van der Waals surface area contributed by atoms with Gasteiger partial charge in [-0.2, -0.15) is 5.10 Å². The predicted octanol–water partition coefficient (Wildman–Crippen LogP) is 5.34. The van der Waals surface area contributed by atoms with Crippen LogP contribution < -0.4 is 10.6 Å². The molecule has 4 N–H and O–H groups in total. The van der Waals surface area contributed by atoms with E-state index in [4.69, 9.17) is 9.47 Å². The van der Waals surface area contributed by atoms with Gasteiger partial charge in [-0.1, -0.05) is 36.4 Å². The Balaban J connectivity index is 1.14. The van der Waals surface area contributed by atoms with Crippen molar-refractivity contribution < 1.29 is 9.47 Å². The van der Waals surface area contributed by atoms with E-state index < -0.39 is 0 Å². The molecule has 0 fully saturated rings. The van der Waals surface area contributed by atoms with Crippen LogP contribution in [0.1, 0.15) is 18.4 Å². The van der Waals surface area contributed by atoms with Crippen molar-refractivity contribution in [1.82, 2.24) is 25.4 Å².